The highest BCUT2D eigenvalue weighted by molar-refractivity contribution is 6.21. The lowest BCUT2D eigenvalue weighted by molar-refractivity contribution is -0.483. The maximum absolute atomic E-state index is 12.7. The molecule has 1 heterocycles. The summed E-state index contributed by atoms with van der Waals surface area (Å²) in [5.41, 5.74) is 0.0861. The third-order valence-electron chi connectivity index (χ3n) is 4.96. The number of ether oxygens (including phenoxy) is 2. The van der Waals surface area contributed by atoms with E-state index in [4.69, 9.17) is 9.47 Å². The van der Waals surface area contributed by atoms with Crippen molar-refractivity contribution in [2.24, 2.45) is 11.3 Å². The van der Waals surface area contributed by atoms with Gasteiger partial charge in [0.25, 0.3) is 0 Å². The van der Waals surface area contributed by atoms with Crippen LogP contribution in [0.2, 0.25) is 0 Å². The second-order valence-corrected chi connectivity index (χ2v) is 7.88. The van der Waals surface area contributed by atoms with Crippen LogP contribution in [0.4, 0.5) is 0 Å². The molecular formula is C19H21NO7. The molecule has 1 aliphatic heterocycles. The van der Waals surface area contributed by atoms with Gasteiger partial charge < -0.3 is 9.47 Å². The second-order valence-electron chi connectivity index (χ2n) is 7.88. The number of benzene rings is 1. The van der Waals surface area contributed by atoms with Crippen molar-refractivity contribution >= 4 is 17.3 Å². The van der Waals surface area contributed by atoms with Gasteiger partial charge in [0.15, 0.2) is 28.8 Å². The van der Waals surface area contributed by atoms with E-state index in [9.17, 15) is 24.5 Å². The summed E-state index contributed by atoms with van der Waals surface area (Å²) in [6, 6.07) is 4.88. The van der Waals surface area contributed by atoms with Crippen molar-refractivity contribution in [3.8, 4) is 11.5 Å². The second kappa shape index (κ2) is 7.09. The summed E-state index contributed by atoms with van der Waals surface area (Å²) >= 11 is 0. The fourth-order valence-electron chi connectivity index (χ4n) is 3.74. The van der Waals surface area contributed by atoms with Gasteiger partial charge in [0.1, 0.15) is 5.92 Å². The monoisotopic (exact) mass is 375 g/mol. The van der Waals surface area contributed by atoms with Gasteiger partial charge >= 0.3 is 0 Å². The van der Waals surface area contributed by atoms with Gasteiger partial charge in [-0.1, -0.05) is 19.9 Å². The third kappa shape index (κ3) is 4.15. The molecule has 1 aliphatic carbocycles. The highest BCUT2D eigenvalue weighted by atomic mass is 16.7. The van der Waals surface area contributed by atoms with Crippen molar-refractivity contribution in [1.29, 1.82) is 0 Å². The molecule has 144 valence electrons. The Morgan fingerprint density at radius 2 is 1.85 bits per heavy atom. The molecule has 8 heteroatoms. The third-order valence-corrected chi connectivity index (χ3v) is 4.96. The quantitative estimate of drug-likeness (QED) is 0.426. The summed E-state index contributed by atoms with van der Waals surface area (Å²) < 4.78 is 10.5. The zero-order valence-electron chi connectivity index (χ0n) is 15.2. The van der Waals surface area contributed by atoms with Gasteiger partial charge in [-0.15, -0.1) is 0 Å². The largest absolute Gasteiger partial charge is 0.454 e. The van der Waals surface area contributed by atoms with Gasteiger partial charge in [0, 0.05) is 24.2 Å². The Balaban J connectivity index is 1.80. The fraction of sp³-hybridized carbons (Fsp3) is 0.526. The van der Waals surface area contributed by atoms with E-state index in [2.05, 4.69) is 0 Å². The lowest BCUT2D eigenvalue weighted by atomic mass is 9.69. The van der Waals surface area contributed by atoms with E-state index in [-0.39, 0.29) is 26.1 Å². The Hall–Kier alpha value is -2.77. The van der Waals surface area contributed by atoms with Crippen LogP contribution in [0.25, 0.3) is 0 Å². The number of Topliss-reactive ketones (excluding diaryl/α,β-unsaturated/α-hetero) is 3. The van der Waals surface area contributed by atoms with Crippen LogP contribution >= 0.6 is 0 Å². The molecule has 0 aromatic heterocycles. The molecule has 3 rings (SSSR count). The molecule has 0 radical (unpaired) electrons. The van der Waals surface area contributed by atoms with Crippen LogP contribution in [-0.4, -0.2) is 35.6 Å². The van der Waals surface area contributed by atoms with Crippen molar-refractivity contribution in [2.75, 3.05) is 13.3 Å². The maximum atomic E-state index is 12.7. The van der Waals surface area contributed by atoms with E-state index in [1.165, 1.54) is 0 Å². The number of nitro groups is 1. The Labute approximate surface area is 156 Å². The average Bonchev–Trinajstić information content (AvgIpc) is 2.99. The van der Waals surface area contributed by atoms with Crippen LogP contribution < -0.4 is 9.47 Å². The first-order valence-corrected chi connectivity index (χ1v) is 8.76. The number of hydrogen-bond acceptors (Lipinski definition) is 7. The minimum Gasteiger partial charge on any atom is -0.454 e. The van der Waals surface area contributed by atoms with E-state index in [1.54, 1.807) is 18.2 Å². The number of hydrogen-bond donors (Lipinski definition) is 0. The summed E-state index contributed by atoms with van der Waals surface area (Å²) in [6.07, 6.45) is 0.0569. The van der Waals surface area contributed by atoms with Crippen molar-refractivity contribution in [2.45, 2.75) is 39.0 Å². The standard InChI is InChI=1S/C19H21NO7/c1-19(2)7-14(22)18(15(23)8-19)13(21)5-12(9-20(24)25)11-3-4-16-17(6-11)27-10-26-16/h3-4,6,12,18H,5,7-10H2,1-2H3. The smallest absolute Gasteiger partial charge is 0.231 e. The van der Waals surface area contributed by atoms with Crippen molar-refractivity contribution in [3.63, 3.8) is 0 Å². The summed E-state index contributed by atoms with van der Waals surface area (Å²) in [7, 11) is 0. The molecular weight excluding hydrogens is 354 g/mol. The predicted octanol–water partition coefficient (Wildman–Crippen LogP) is 2.31. The first-order valence-electron chi connectivity index (χ1n) is 8.76. The van der Waals surface area contributed by atoms with Crippen LogP contribution in [0.15, 0.2) is 18.2 Å². The van der Waals surface area contributed by atoms with E-state index in [0.29, 0.717) is 17.1 Å². The maximum Gasteiger partial charge on any atom is 0.231 e. The zero-order chi connectivity index (χ0) is 19.8. The predicted molar refractivity (Wildman–Crippen MR) is 93.3 cm³/mol. The summed E-state index contributed by atoms with van der Waals surface area (Å²) in [5, 5.41) is 11.1. The molecule has 8 nitrogen and oxygen atoms in total. The highest BCUT2D eigenvalue weighted by Crippen LogP contribution is 2.38. The Bertz CT molecular complexity index is 794. The number of rotatable bonds is 6. The lowest BCUT2D eigenvalue weighted by Crippen LogP contribution is -2.42. The summed E-state index contributed by atoms with van der Waals surface area (Å²) in [4.78, 5) is 48.0. The molecule has 1 aromatic carbocycles. The first kappa shape index (κ1) is 19.0. The van der Waals surface area contributed by atoms with E-state index in [1.807, 2.05) is 13.8 Å². The van der Waals surface area contributed by atoms with Crippen LogP contribution in [0, 0.1) is 21.4 Å². The number of fused-ring (bicyclic) bond motifs is 1. The molecule has 1 saturated carbocycles. The molecule has 0 N–H and O–H groups in total. The van der Waals surface area contributed by atoms with Gasteiger partial charge in [-0.2, -0.15) is 0 Å². The number of nitrogens with zero attached hydrogens (tertiary/aromatic N) is 1. The fourth-order valence-corrected chi connectivity index (χ4v) is 3.74. The van der Waals surface area contributed by atoms with Crippen LogP contribution in [0.3, 0.4) is 0 Å². The van der Waals surface area contributed by atoms with E-state index >= 15 is 0 Å². The normalized spacial score (nSPS) is 19.8. The first-order chi connectivity index (χ1) is 12.7. The molecule has 1 atom stereocenters. The van der Waals surface area contributed by atoms with Crippen molar-refractivity contribution in [3.05, 3.63) is 33.9 Å². The summed E-state index contributed by atoms with van der Waals surface area (Å²) in [5.74, 6) is -2.41. The lowest BCUT2D eigenvalue weighted by Gasteiger charge is -2.31. The van der Waals surface area contributed by atoms with Gasteiger partial charge in [-0.25, -0.2) is 0 Å². The number of carbonyl (C=O) groups excluding carboxylic acids is 3. The molecule has 2 aliphatic rings. The molecule has 0 bridgehead atoms. The zero-order valence-corrected chi connectivity index (χ0v) is 15.2. The molecule has 0 saturated heterocycles. The van der Waals surface area contributed by atoms with Gasteiger partial charge in [-0.3, -0.25) is 24.5 Å². The van der Waals surface area contributed by atoms with Crippen molar-refractivity contribution in [1.82, 2.24) is 0 Å². The molecule has 0 spiro atoms. The average molecular weight is 375 g/mol. The minimum absolute atomic E-state index is 0.0679. The van der Waals surface area contributed by atoms with Crippen molar-refractivity contribution < 1.29 is 28.8 Å². The highest BCUT2D eigenvalue weighted by Gasteiger charge is 2.43. The van der Waals surface area contributed by atoms with Crippen LogP contribution in [0.1, 0.15) is 44.6 Å². The number of ketones is 3. The minimum atomic E-state index is -1.30. The topological polar surface area (TPSA) is 113 Å². The Kier molecular flexibility index (Phi) is 4.99. The molecule has 1 aromatic rings. The molecule has 0 amide bonds. The molecule has 1 unspecified atom stereocenters. The van der Waals surface area contributed by atoms with Gasteiger partial charge in [0.2, 0.25) is 13.3 Å². The Morgan fingerprint density at radius 3 is 2.48 bits per heavy atom. The van der Waals surface area contributed by atoms with Crippen LogP contribution in [-0.2, 0) is 14.4 Å². The molecule has 27 heavy (non-hydrogen) atoms. The number of carbonyl (C=O) groups is 3. The van der Waals surface area contributed by atoms with Gasteiger partial charge in [-0.05, 0) is 23.1 Å². The van der Waals surface area contributed by atoms with Crippen LogP contribution in [0.5, 0.6) is 11.5 Å². The van der Waals surface area contributed by atoms with E-state index in [0.717, 1.165) is 0 Å². The van der Waals surface area contributed by atoms with E-state index < -0.39 is 46.1 Å². The molecule has 1 fully saturated rings. The SMILES string of the molecule is CC1(C)CC(=O)C(C(=O)CC(C[N+](=O)[O-])c2ccc3c(c2)OCO3)C(=O)C1. The summed E-state index contributed by atoms with van der Waals surface area (Å²) in [6.45, 7) is 3.21. The Morgan fingerprint density at radius 1 is 1.22 bits per heavy atom. The van der Waals surface area contributed by atoms with Gasteiger partial charge in [0.05, 0.1) is 5.92 Å².